The second-order valence-corrected chi connectivity index (χ2v) is 6.36. The van der Waals surface area contributed by atoms with Crippen molar-refractivity contribution in [3.05, 3.63) is 36.5 Å². The fourth-order valence-corrected chi connectivity index (χ4v) is 3.06. The second-order valence-electron chi connectivity index (χ2n) is 5.06. The van der Waals surface area contributed by atoms with Crippen LogP contribution in [0.5, 0.6) is 0 Å². The number of hydrogen-bond donors (Lipinski definition) is 1. The zero-order valence-electron chi connectivity index (χ0n) is 11.3. The maximum atomic E-state index is 11.2. The third-order valence-corrected chi connectivity index (χ3v) is 4.53. The summed E-state index contributed by atoms with van der Waals surface area (Å²) < 4.78 is 2.25. The number of benzene rings is 1. The van der Waals surface area contributed by atoms with Crippen molar-refractivity contribution in [1.82, 2.24) is 9.55 Å². The predicted molar refractivity (Wildman–Crippen MR) is 80.4 cm³/mol. The molecule has 1 aliphatic carbocycles. The van der Waals surface area contributed by atoms with E-state index in [1.54, 1.807) is 0 Å². The van der Waals surface area contributed by atoms with Crippen LogP contribution < -0.4 is 5.73 Å². The van der Waals surface area contributed by atoms with Gasteiger partial charge in [0.05, 0.1) is 17.1 Å². The van der Waals surface area contributed by atoms with Gasteiger partial charge < -0.3 is 10.3 Å². The molecule has 1 aromatic carbocycles. The number of primary amides is 1. The van der Waals surface area contributed by atoms with E-state index >= 15 is 0 Å². The lowest BCUT2D eigenvalue weighted by Crippen LogP contribution is -2.23. The first-order valence-electron chi connectivity index (χ1n) is 6.75. The molecule has 1 unspecified atom stereocenters. The summed E-state index contributed by atoms with van der Waals surface area (Å²) in [6.45, 7) is 1.82. The third kappa shape index (κ3) is 2.58. The maximum absolute atomic E-state index is 11.2. The monoisotopic (exact) mass is 287 g/mol. The van der Waals surface area contributed by atoms with Crippen molar-refractivity contribution in [3.8, 4) is 11.3 Å². The molecular weight excluding hydrogens is 270 g/mol. The fraction of sp³-hybridized carbons (Fsp3) is 0.333. The van der Waals surface area contributed by atoms with Crippen LogP contribution in [0.3, 0.4) is 0 Å². The lowest BCUT2D eigenvalue weighted by atomic mass is 10.2. The van der Waals surface area contributed by atoms with Crippen LogP contribution in [0.25, 0.3) is 11.3 Å². The highest BCUT2D eigenvalue weighted by Crippen LogP contribution is 2.42. The second kappa shape index (κ2) is 5.32. The van der Waals surface area contributed by atoms with Gasteiger partial charge in [0, 0.05) is 6.04 Å². The van der Waals surface area contributed by atoms with Crippen molar-refractivity contribution in [3.63, 3.8) is 0 Å². The van der Waals surface area contributed by atoms with Gasteiger partial charge in [0.2, 0.25) is 5.91 Å². The highest BCUT2D eigenvalue weighted by atomic mass is 32.2. The first-order valence-corrected chi connectivity index (χ1v) is 7.63. The van der Waals surface area contributed by atoms with E-state index in [1.165, 1.54) is 24.6 Å². The molecule has 2 N–H and O–H groups in total. The normalized spacial score (nSPS) is 16.1. The maximum Gasteiger partial charge on any atom is 0.230 e. The van der Waals surface area contributed by atoms with E-state index in [9.17, 15) is 4.79 Å². The molecule has 2 aromatic rings. The van der Waals surface area contributed by atoms with Gasteiger partial charge in [0.15, 0.2) is 5.16 Å². The van der Waals surface area contributed by atoms with E-state index < -0.39 is 0 Å². The van der Waals surface area contributed by atoms with Crippen LogP contribution in [0.4, 0.5) is 0 Å². The SMILES string of the molecule is CC(Sc1ncc(-c2ccccc2)n1C1CC1)C(N)=O. The molecule has 0 aliphatic heterocycles. The van der Waals surface area contributed by atoms with Crippen molar-refractivity contribution >= 4 is 17.7 Å². The van der Waals surface area contributed by atoms with Crippen LogP contribution in [-0.4, -0.2) is 20.7 Å². The minimum absolute atomic E-state index is 0.265. The molecule has 0 spiro atoms. The van der Waals surface area contributed by atoms with E-state index in [2.05, 4.69) is 21.7 Å². The van der Waals surface area contributed by atoms with Gasteiger partial charge >= 0.3 is 0 Å². The van der Waals surface area contributed by atoms with Gasteiger partial charge in [-0.25, -0.2) is 4.98 Å². The summed E-state index contributed by atoms with van der Waals surface area (Å²) in [7, 11) is 0. The Morgan fingerprint density at radius 2 is 2.10 bits per heavy atom. The van der Waals surface area contributed by atoms with Gasteiger partial charge in [0.1, 0.15) is 0 Å². The molecule has 104 valence electrons. The summed E-state index contributed by atoms with van der Waals surface area (Å²) in [5.41, 5.74) is 7.62. The number of amides is 1. The highest BCUT2D eigenvalue weighted by Gasteiger charge is 2.30. The van der Waals surface area contributed by atoms with Crippen molar-refractivity contribution in [2.75, 3.05) is 0 Å². The molecule has 1 saturated carbocycles. The first kappa shape index (κ1) is 13.2. The molecule has 5 heteroatoms. The molecule has 1 aromatic heterocycles. The minimum Gasteiger partial charge on any atom is -0.369 e. The number of nitrogens with two attached hydrogens (primary N) is 1. The summed E-state index contributed by atoms with van der Waals surface area (Å²) in [6, 6.07) is 10.7. The van der Waals surface area contributed by atoms with E-state index in [0.717, 1.165) is 16.4 Å². The van der Waals surface area contributed by atoms with Crippen molar-refractivity contribution < 1.29 is 4.79 Å². The number of aromatic nitrogens is 2. The number of rotatable bonds is 5. The predicted octanol–water partition coefficient (Wildman–Crippen LogP) is 2.85. The van der Waals surface area contributed by atoms with E-state index in [4.69, 9.17) is 5.73 Å². The van der Waals surface area contributed by atoms with Gasteiger partial charge in [0.25, 0.3) is 0 Å². The molecule has 1 atom stereocenters. The summed E-state index contributed by atoms with van der Waals surface area (Å²) >= 11 is 1.44. The average molecular weight is 287 g/mol. The van der Waals surface area contributed by atoms with Gasteiger partial charge in [-0.05, 0) is 25.3 Å². The lowest BCUT2D eigenvalue weighted by molar-refractivity contribution is -0.117. The first-order chi connectivity index (χ1) is 9.66. The molecule has 1 amide bonds. The molecule has 0 radical (unpaired) electrons. The van der Waals surface area contributed by atoms with Gasteiger partial charge in [-0.1, -0.05) is 42.1 Å². The molecule has 1 aliphatic rings. The number of imidazole rings is 1. The molecule has 20 heavy (non-hydrogen) atoms. The molecular formula is C15H17N3OS. The van der Waals surface area contributed by atoms with Crippen LogP contribution in [0.15, 0.2) is 41.7 Å². The molecule has 3 rings (SSSR count). The van der Waals surface area contributed by atoms with Crippen LogP contribution in [-0.2, 0) is 4.79 Å². The number of thioether (sulfide) groups is 1. The summed E-state index contributed by atoms with van der Waals surface area (Å²) in [5, 5.41) is 0.621. The van der Waals surface area contributed by atoms with Crippen LogP contribution in [0, 0.1) is 0 Å². The zero-order valence-corrected chi connectivity index (χ0v) is 12.1. The van der Waals surface area contributed by atoms with Crippen molar-refractivity contribution in [2.45, 2.75) is 36.2 Å². The Morgan fingerprint density at radius 1 is 1.40 bits per heavy atom. The topological polar surface area (TPSA) is 60.9 Å². The van der Waals surface area contributed by atoms with Crippen molar-refractivity contribution in [1.29, 1.82) is 0 Å². The smallest absolute Gasteiger partial charge is 0.230 e. The summed E-state index contributed by atoms with van der Waals surface area (Å²) in [5.74, 6) is -0.304. The van der Waals surface area contributed by atoms with E-state index in [-0.39, 0.29) is 11.2 Å². The van der Waals surface area contributed by atoms with E-state index in [1.807, 2.05) is 31.3 Å². The van der Waals surface area contributed by atoms with Gasteiger partial charge in [-0.2, -0.15) is 0 Å². The number of carbonyl (C=O) groups excluding carboxylic acids is 1. The molecule has 0 saturated heterocycles. The number of hydrogen-bond acceptors (Lipinski definition) is 3. The van der Waals surface area contributed by atoms with E-state index in [0.29, 0.717) is 6.04 Å². The quantitative estimate of drug-likeness (QED) is 0.860. The number of nitrogens with zero attached hydrogens (tertiary/aromatic N) is 2. The standard InChI is InChI=1S/C15H17N3OS/c1-10(14(16)19)20-15-17-9-13(18(15)12-7-8-12)11-5-3-2-4-6-11/h2-6,9-10,12H,7-8H2,1H3,(H2,16,19). The number of carbonyl (C=O) groups is 1. The van der Waals surface area contributed by atoms with Crippen LogP contribution >= 0.6 is 11.8 Å². The Labute approximate surface area is 122 Å². The average Bonchev–Trinajstić information content (AvgIpc) is 3.21. The Hall–Kier alpha value is -1.75. The highest BCUT2D eigenvalue weighted by molar-refractivity contribution is 8.00. The minimum atomic E-state index is -0.304. The Balaban J connectivity index is 1.96. The van der Waals surface area contributed by atoms with Crippen molar-refractivity contribution in [2.24, 2.45) is 5.73 Å². The van der Waals surface area contributed by atoms with Crippen LogP contribution in [0.1, 0.15) is 25.8 Å². The fourth-order valence-electron chi connectivity index (χ4n) is 2.16. The molecule has 1 fully saturated rings. The largest absolute Gasteiger partial charge is 0.369 e. The van der Waals surface area contributed by atoms with Gasteiger partial charge in [-0.15, -0.1) is 0 Å². The molecule has 1 heterocycles. The Bertz CT molecular complexity index is 619. The summed E-state index contributed by atoms with van der Waals surface area (Å²) in [4.78, 5) is 15.7. The Kier molecular flexibility index (Phi) is 3.53. The third-order valence-electron chi connectivity index (χ3n) is 3.43. The summed E-state index contributed by atoms with van der Waals surface area (Å²) in [6.07, 6.45) is 4.24. The zero-order chi connectivity index (χ0) is 14.1. The molecule has 4 nitrogen and oxygen atoms in total. The van der Waals surface area contributed by atoms with Crippen LogP contribution in [0.2, 0.25) is 0 Å². The van der Waals surface area contributed by atoms with Gasteiger partial charge in [-0.3, -0.25) is 4.79 Å². The molecule has 0 bridgehead atoms. The Morgan fingerprint density at radius 3 is 2.70 bits per heavy atom. The lowest BCUT2D eigenvalue weighted by Gasteiger charge is -2.12.